The van der Waals surface area contributed by atoms with Crippen molar-refractivity contribution in [2.75, 3.05) is 11.4 Å². The zero-order valence-corrected chi connectivity index (χ0v) is 16.2. The molecular weight excluding hydrogens is 406 g/mol. The first-order valence-corrected chi connectivity index (χ1v) is 9.50. The smallest absolute Gasteiger partial charge is 0.415 e. The molecule has 0 saturated carbocycles. The normalized spacial score (nSPS) is 18.0. The zero-order valence-electron chi connectivity index (χ0n) is 16.2. The number of carbonyl (C=O) groups excluding carboxylic acids is 2. The predicted octanol–water partition coefficient (Wildman–Crippen LogP) is 4.17. The summed E-state index contributed by atoms with van der Waals surface area (Å²) in [4.78, 5) is 26.5. The highest BCUT2D eigenvalue weighted by Gasteiger charge is 2.43. The van der Waals surface area contributed by atoms with Crippen molar-refractivity contribution in [1.29, 1.82) is 0 Å². The van der Waals surface area contributed by atoms with E-state index in [0.717, 1.165) is 0 Å². The first kappa shape index (κ1) is 20.3. The lowest BCUT2D eigenvalue weighted by atomic mass is 9.99. The number of benzene rings is 3. The van der Waals surface area contributed by atoms with Crippen molar-refractivity contribution in [1.82, 2.24) is 5.32 Å². The van der Waals surface area contributed by atoms with Gasteiger partial charge in [0.2, 0.25) is 0 Å². The number of nitrogens with one attached hydrogen (secondary N) is 1. The lowest BCUT2D eigenvalue weighted by Crippen LogP contribution is -2.37. The van der Waals surface area contributed by atoms with E-state index >= 15 is 0 Å². The molecule has 1 fully saturated rings. The topological polar surface area (TPSA) is 78.9 Å². The Bertz CT molecular complexity index is 1090. The summed E-state index contributed by atoms with van der Waals surface area (Å²) in [6, 6.07) is 16.1. The van der Waals surface area contributed by atoms with Gasteiger partial charge in [-0.05, 0) is 66.2 Å². The van der Waals surface area contributed by atoms with Crippen LogP contribution in [0.2, 0.25) is 0 Å². The third kappa shape index (κ3) is 4.32. The Morgan fingerprint density at radius 1 is 0.935 bits per heavy atom. The second-order valence-electron chi connectivity index (χ2n) is 7.02. The highest BCUT2D eigenvalue weighted by molar-refractivity contribution is 5.94. The van der Waals surface area contributed by atoms with Crippen LogP contribution in [0.1, 0.15) is 22.0 Å². The number of rotatable bonds is 5. The number of anilines is 1. The van der Waals surface area contributed by atoms with Crippen LogP contribution < -0.4 is 10.2 Å². The van der Waals surface area contributed by atoms with Crippen molar-refractivity contribution in [2.24, 2.45) is 0 Å². The average Bonchev–Trinajstić information content (AvgIpc) is 3.09. The molecule has 158 valence electrons. The number of cyclic esters (lactones) is 1. The largest absolute Gasteiger partial charge is 0.508 e. The summed E-state index contributed by atoms with van der Waals surface area (Å²) in [6.45, 7) is -0.00874. The van der Waals surface area contributed by atoms with E-state index in [0.29, 0.717) is 11.3 Å². The molecule has 0 aromatic heterocycles. The minimum absolute atomic E-state index is 0.00874. The summed E-state index contributed by atoms with van der Waals surface area (Å²) >= 11 is 0. The Hall–Kier alpha value is -3.94. The Kier molecular flexibility index (Phi) is 5.53. The van der Waals surface area contributed by atoms with Crippen molar-refractivity contribution in [2.45, 2.75) is 12.1 Å². The molecule has 3 aromatic carbocycles. The molecule has 1 saturated heterocycles. The fourth-order valence-corrected chi connectivity index (χ4v) is 3.48. The molecule has 0 spiro atoms. The molecule has 1 aliphatic heterocycles. The predicted molar refractivity (Wildman–Crippen MR) is 109 cm³/mol. The summed E-state index contributed by atoms with van der Waals surface area (Å²) in [5, 5.41) is 12.3. The summed E-state index contributed by atoms with van der Waals surface area (Å²) < 4.78 is 32.0. The number of nitrogens with zero attached hydrogens (tertiary/aromatic N) is 1. The Labute approximate surface area is 176 Å². The van der Waals surface area contributed by atoms with E-state index in [1.165, 1.54) is 65.6 Å². The summed E-state index contributed by atoms with van der Waals surface area (Å²) in [7, 11) is 0. The minimum atomic E-state index is -0.758. The van der Waals surface area contributed by atoms with Gasteiger partial charge in [-0.3, -0.25) is 9.69 Å². The maximum atomic E-state index is 13.4. The highest BCUT2D eigenvalue weighted by atomic mass is 19.1. The van der Waals surface area contributed by atoms with Crippen LogP contribution in [-0.2, 0) is 4.74 Å². The van der Waals surface area contributed by atoms with Gasteiger partial charge in [-0.1, -0.05) is 12.1 Å². The lowest BCUT2D eigenvalue weighted by Gasteiger charge is -2.25. The van der Waals surface area contributed by atoms with Crippen molar-refractivity contribution < 1.29 is 28.2 Å². The number of amides is 2. The molecule has 0 radical (unpaired) electrons. The number of ether oxygens (including phenoxy) is 1. The lowest BCUT2D eigenvalue weighted by molar-refractivity contribution is 0.0902. The molecule has 0 bridgehead atoms. The Morgan fingerprint density at radius 3 is 2.13 bits per heavy atom. The van der Waals surface area contributed by atoms with Gasteiger partial charge in [0.25, 0.3) is 5.91 Å². The summed E-state index contributed by atoms with van der Waals surface area (Å²) in [6.07, 6.45) is -1.41. The quantitative estimate of drug-likeness (QED) is 0.645. The van der Waals surface area contributed by atoms with Gasteiger partial charge in [0.15, 0.2) is 0 Å². The number of carbonyl (C=O) groups is 2. The molecule has 0 unspecified atom stereocenters. The van der Waals surface area contributed by atoms with Gasteiger partial charge < -0.3 is 15.2 Å². The number of hydrogen-bond donors (Lipinski definition) is 2. The van der Waals surface area contributed by atoms with Crippen LogP contribution in [0.4, 0.5) is 19.3 Å². The Morgan fingerprint density at radius 2 is 1.52 bits per heavy atom. The van der Waals surface area contributed by atoms with Gasteiger partial charge in [0, 0.05) is 11.3 Å². The second kappa shape index (κ2) is 8.43. The molecule has 31 heavy (non-hydrogen) atoms. The molecule has 2 N–H and O–H groups in total. The van der Waals surface area contributed by atoms with Crippen molar-refractivity contribution >= 4 is 17.7 Å². The number of phenolic OH excluding ortho intramolecular Hbond substituents is 1. The third-order valence-corrected chi connectivity index (χ3v) is 4.99. The van der Waals surface area contributed by atoms with Crippen molar-refractivity contribution in [3.63, 3.8) is 0 Å². The van der Waals surface area contributed by atoms with Crippen LogP contribution in [0.15, 0.2) is 72.8 Å². The molecule has 1 aliphatic rings. The molecule has 8 heteroatoms. The fraction of sp³-hybridized carbons (Fsp3) is 0.130. The molecule has 6 nitrogen and oxygen atoms in total. The van der Waals surface area contributed by atoms with E-state index in [4.69, 9.17) is 4.74 Å². The van der Waals surface area contributed by atoms with Crippen LogP contribution >= 0.6 is 0 Å². The van der Waals surface area contributed by atoms with Gasteiger partial charge in [-0.2, -0.15) is 0 Å². The maximum absolute atomic E-state index is 13.4. The van der Waals surface area contributed by atoms with E-state index in [9.17, 15) is 23.5 Å². The molecule has 3 aromatic rings. The monoisotopic (exact) mass is 424 g/mol. The first-order valence-electron chi connectivity index (χ1n) is 9.50. The van der Waals surface area contributed by atoms with E-state index in [1.54, 1.807) is 12.1 Å². The van der Waals surface area contributed by atoms with E-state index in [-0.39, 0.29) is 17.9 Å². The standard InChI is InChI=1S/C23H18F2N2O4/c24-16-5-1-15(2-6-16)22(29)26-13-20-21(14-3-11-19(28)12-4-14)27(23(30)31-20)18-9-7-17(25)8-10-18/h1-12,20-21,28H,13H2,(H,26,29)/t20-,21-/m1/s1. The zero-order chi connectivity index (χ0) is 22.0. The third-order valence-electron chi connectivity index (χ3n) is 4.99. The summed E-state index contributed by atoms with van der Waals surface area (Å²) in [5.74, 6) is -1.28. The maximum Gasteiger partial charge on any atom is 0.415 e. The van der Waals surface area contributed by atoms with Gasteiger partial charge in [0.1, 0.15) is 29.5 Å². The number of aromatic hydroxyl groups is 1. The molecule has 2 amide bonds. The van der Waals surface area contributed by atoms with Gasteiger partial charge in [-0.25, -0.2) is 13.6 Å². The van der Waals surface area contributed by atoms with Crippen LogP contribution in [0.3, 0.4) is 0 Å². The van der Waals surface area contributed by atoms with Crippen LogP contribution in [0.25, 0.3) is 0 Å². The molecule has 2 atom stereocenters. The Balaban J connectivity index is 1.60. The van der Waals surface area contributed by atoms with Gasteiger partial charge in [-0.15, -0.1) is 0 Å². The molecular formula is C23H18F2N2O4. The van der Waals surface area contributed by atoms with Gasteiger partial charge >= 0.3 is 6.09 Å². The fourth-order valence-electron chi connectivity index (χ4n) is 3.48. The number of phenols is 1. The SMILES string of the molecule is O=C(NC[C@H]1OC(=O)N(c2ccc(F)cc2)[C@@H]1c1ccc(O)cc1)c1ccc(F)cc1. The number of hydrogen-bond acceptors (Lipinski definition) is 4. The highest BCUT2D eigenvalue weighted by Crippen LogP contribution is 2.37. The van der Waals surface area contributed by atoms with Crippen molar-refractivity contribution in [3.8, 4) is 5.75 Å². The second-order valence-corrected chi connectivity index (χ2v) is 7.02. The van der Waals surface area contributed by atoms with Crippen molar-refractivity contribution in [3.05, 3.63) is 95.6 Å². The molecule has 0 aliphatic carbocycles. The van der Waals surface area contributed by atoms with E-state index in [1.807, 2.05) is 0 Å². The van der Waals surface area contributed by atoms with Crippen LogP contribution in [0, 0.1) is 11.6 Å². The van der Waals surface area contributed by atoms with Crippen LogP contribution in [-0.4, -0.2) is 29.8 Å². The molecule has 1 heterocycles. The molecule has 4 rings (SSSR count). The van der Waals surface area contributed by atoms with E-state index in [2.05, 4.69) is 5.32 Å². The minimum Gasteiger partial charge on any atom is -0.508 e. The van der Waals surface area contributed by atoms with Crippen LogP contribution in [0.5, 0.6) is 5.75 Å². The number of halogens is 2. The van der Waals surface area contributed by atoms with Gasteiger partial charge in [0.05, 0.1) is 6.54 Å². The average molecular weight is 424 g/mol. The van der Waals surface area contributed by atoms with E-state index < -0.39 is 35.8 Å². The summed E-state index contributed by atoms with van der Waals surface area (Å²) in [5.41, 5.74) is 1.35. The first-order chi connectivity index (χ1) is 14.9.